The van der Waals surface area contributed by atoms with Gasteiger partial charge in [0.25, 0.3) is 0 Å². The maximum absolute atomic E-state index is 12.3. The summed E-state index contributed by atoms with van der Waals surface area (Å²) in [6.07, 6.45) is 6.67. The molecule has 1 aliphatic heterocycles. The lowest BCUT2D eigenvalue weighted by atomic mass is 10.2. The molecule has 4 nitrogen and oxygen atoms in total. The first-order valence-electron chi connectivity index (χ1n) is 6.88. The molecule has 1 N–H and O–H groups in total. The van der Waals surface area contributed by atoms with Gasteiger partial charge < -0.3 is 5.32 Å². The van der Waals surface area contributed by atoms with Crippen molar-refractivity contribution in [3.05, 3.63) is 0 Å². The molecule has 1 heterocycles. The maximum atomic E-state index is 12.3. The quantitative estimate of drug-likeness (QED) is 0.771. The Morgan fingerprint density at radius 2 is 1.88 bits per heavy atom. The molecule has 98 valence electrons. The lowest BCUT2D eigenvalue weighted by Crippen LogP contribution is -2.43. The Morgan fingerprint density at radius 1 is 1.12 bits per heavy atom. The number of hydrogen-bond acceptors (Lipinski definition) is 3. The Kier molecular flexibility index (Phi) is 3.17. The van der Waals surface area contributed by atoms with Gasteiger partial charge in [-0.2, -0.15) is 4.31 Å². The zero-order valence-corrected chi connectivity index (χ0v) is 11.1. The highest BCUT2D eigenvalue weighted by molar-refractivity contribution is 7.89. The van der Waals surface area contributed by atoms with Crippen molar-refractivity contribution in [2.75, 3.05) is 18.8 Å². The van der Waals surface area contributed by atoms with Crippen molar-refractivity contribution in [2.24, 2.45) is 5.92 Å². The summed E-state index contributed by atoms with van der Waals surface area (Å²) in [4.78, 5) is 0. The van der Waals surface area contributed by atoms with Crippen molar-refractivity contribution < 1.29 is 8.42 Å². The van der Waals surface area contributed by atoms with Crippen LogP contribution in [-0.2, 0) is 10.0 Å². The molecule has 0 bridgehead atoms. The summed E-state index contributed by atoms with van der Waals surface area (Å²) < 4.78 is 26.5. The monoisotopic (exact) mass is 258 g/mol. The van der Waals surface area contributed by atoms with Crippen LogP contribution in [0.5, 0.6) is 0 Å². The van der Waals surface area contributed by atoms with Gasteiger partial charge in [-0.05, 0) is 51.0 Å². The van der Waals surface area contributed by atoms with Crippen LogP contribution in [0.3, 0.4) is 0 Å². The van der Waals surface area contributed by atoms with Crippen LogP contribution in [0, 0.1) is 5.92 Å². The van der Waals surface area contributed by atoms with Crippen molar-refractivity contribution in [1.82, 2.24) is 9.62 Å². The SMILES string of the molecule is O=S(=O)(CC1CC1)N(CC1CCCN1)C1CC1. The Hall–Kier alpha value is -0.130. The Labute approximate surface area is 104 Å². The van der Waals surface area contributed by atoms with E-state index >= 15 is 0 Å². The largest absolute Gasteiger partial charge is 0.313 e. The molecule has 0 spiro atoms. The Balaban J connectivity index is 1.65. The number of nitrogens with zero attached hydrogens (tertiary/aromatic N) is 1. The van der Waals surface area contributed by atoms with Gasteiger partial charge in [0.2, 0.25) is 10.0 Å². The molecule has 3 aliphatic rings. The van der Waals surface area contributed by atoms with Crippen molar-refractivity contribution in [1.29, 1.82) is 0 Å². The van der Waals surface area contributed by atoms with Crippen molar-refractivity contribution in [2.45, 2.75) is 50.6 Å². The molecule has 1 saturated heterocycles. The number of hydrogen-bond donors (Lipinski definition) is 1. The molecule has 3 fully saturated rings. The zero-order valence-electron chi connectivity index (χ0n) is 10.3. The van der Waals surface area contributed by atoms with Gasteiger partial charge in [0.1, 0.15) is 0 Å². The van der Waals surface area contributed by atoms with E-state index in [1.54, 1.807) is 0 Å². The van der Waals surface area contributed by atoms with E-state index in [4.69, 9.17) is 0 Å². The Bertz CT molecular complexity index is 368. The van der Waals surface area contributed by atoms with Gasteiger partial charge in [0, 0.05) is 18.6 Å². The minimum absolute atomic E-state index is 0.321. The maximum Gasteiger partial charge on any atom is 0.214 e. The molecule has 0 aromatic carbocycles. The molecule has 0 radical (unpaired) electrons. The lowest BCUT2D eigenvalue weighted by molar-refractivity contribution is 0.362. The predicted molar refractivity (Wildman–Crippen MR) is 67.3 cm³/mol. The van der Waals surface area contributed by atoms with Crippen LogP contribution in [0.15, 0.2) is 0 Å². The summed E-state index contributed by atoms with van der Waals surface area (Å²) in [6.45, 7) is 1.76. The topological polar surface area (TPSA) is 49.4 Å². The second-order valence-corrected chi connectivity index (χ2v) is 7.78. The highest BCUT2D eigenvalue weighted by atomic mass is 32.2. The van der Waals surface area contributed by atoms with E-state index in [1.165, 1.54) is 6.42 Å². The molecular formula is C12H22N2O2S. The first-order valence-corrected chi connectivity index (χ1v) is 8.49. The van der Waals surface area contributed by atoms with Gasteiger partial charge in [-0.1, -0.05) is 0 Å². The summed E-state index contributed by atoms with van der Waals surface area (Å²) in [5.41, 5.74) is 0. The van der Waals surface area contributed by atoms with Crippen molar-refractivity contribution in [3.8, 4) is 0 Å². The Morgan fingerprint density at radius 3 is 2.41 bits per heavy atom. The van der Waals surface area contributed by atoms with E-state index in [-0.39, 0.29) is 0 Å². The third-order valence-corrected chi connectivity index (χ3v) is 6.07. The average Bonchev–Trinajstić information content (AvgIpc) is 3.18. The van der Waals surface area contributed by atoms with E-state index in [9.17, 15) is 8.42 Å². The third-order valence-electron chi connectivity index (χ3n) is 4.02. The molecule has 2 saturated carbocycles. The summed E-state index contributed by atoms with van der Waals surface area (Å²) in [6, 6.07) is 0.714. The van der Waals surface area contributed by atoms with Crippen molar-refractivity contribution >= 4 is 10.0 Å². The van der Waals surface area contributed by atoms with Crippen LogP contribution in [0.2, 0.25) is 0 Å². The average molecular weight is 258 g/mol. The summed E-state index contributed by atoms with van der Waals surface area (Å²) in [7, 11) is -2.99. The van der Waals surface area contributed by atoms with Gasteiger partial charge in [-0.3, -0.25) is 0 Å². The number of nitrogens with one attached hydrogen (secondary N) is 1. The molecule has 1 atom stereocenters. The fourth-order valence-electron chi connectivity index (χ4n) is 2.66. The van der Waals surface area contributed by atoms with Gasteiger partial charge in [0.15, 0.2) is 0 Å². The standard InChI is InChI=1S/C12H22N2O2S/c15-17(16,9-10-3-4-10)14(12-5-6-12)8-11-2-1-7-13-11/h10-13H,1-9H2. The van der Waals surface area contributed by atoms with E-state index in [1.807, 2.05) is 4.31 Å². The van der Waals surface area contributed by atoms with Gasteiger partial charge in [0.05, 0.1) is 5.75 Å². The lowest BCUT2D eigenvalue weighted by Gasteiger charge is -2.25. The van der Waals surface area contributed by atoms with Gasteiger partial charge in [-0.15, -0.1) is 0 Å². The van der Waals surface area contributed by atoms with E-state index in [0.29, 0.717) is 30.3 Å². The number of sulfonamides is 1. The third kappa shape index (κ3) is 3.01. The predicted octanol–water partition coefficient (Wildman–Crippen LogP) is 0.943. The second kappa shape index (κ2) is 4.52. The molecule has 2 aliphatic carbocycles. The normalized spacial score (nSPS) is 30.1. The molecule has 0 amide bonds. The fourth-order valence-corrected chi connectivity index (χ4v) is 4.85. The number of rotatable bonds is 6. The van der Waals surface area contributed by atoms with Gasteiger partial charge >= 0.3 is 0 Å². The molecule has 3 rings (SSSR count). The van der Waals surface area contributed by atoms with Crippen LogP contribution in [-0.4, -0.2) is 43.6 Å². The second-order valence-electron chi connectivity index (χ2n) is 5.82. The van der Waals surface area contributed by atoms with E-state index in [0.717, 1.165) is 38.6 Å². The molecule has 0 aromatic rings. The highest BCUT2D eigenvalue weighted by Crippen LogP contribution is 2.35. The molecule has 0 aromatic heterocycles. The smallest absolute Gasteiger partial charge is 0.214 e. The summed E-state index contributed by atoms with van der Waals surface area (Å²) in [5, 5.41) is 3.40. The van der Waals surface area contributed by atoms with Gasteiger partial charge in [-0.25, -0.2) is 8.42 Å². The first kappa shape index (κ1) is 11.9. The molecular weight excluding hydrogens is 236 g/mol. The zero-order chi connectivity index (χ0) is 11.9. The van der Waals surface area contributed by atoms with Crippen LogP contribution < -0.4 is 5.32 Å². The molecule has 17 heavy (non-hydrogen) atoms. The minimum atomic E-state index is -2.99. The summed E-state index contributed by atoms with van der Waals surface area (Å²) >= 11 is 0. The van der Waals surface area contributed by atoms with Crippen LogP contribution in [0.25, 0.3) is 0 Å². The fraction of sp³-hybridized carbons (Fsp3) is 1.00. The van der Waals surface area contributed by atoms with E-state index in [2.05, 4.69) is 5.32 Å². The first-order chi connectivity index (χ1) is 8.15. The molecule has 5 heteroatoms. The van der Waals surface area contributed by atoms with Crippen LogP contribution in [0.1, 0.15) is 38.5 Å². The van der Waals surface area contributed by atoms with Crippen LogP contribution >= 0.6 is 0 Å². The van der Waals surface area contributed by atoms with E-state index < -0.39 is 10.0 Å². The van der Waals surface area contributed by atoms with Crippen molar-refractivity contribution in [3.63, 3.8) is 0 Å². The van der Waals surface area contributed by atoms with Crippen LogP contribution in [0.4, 0.5) is 0 Å². The summed E-state index contributed by atoms with van der Waals surface area (Å²) in [5.74, 6) is 0.855. The minimum Gasteiger partial charge on any atom is -0.313 e. The molecule has 1 unspecified atom stereocenters. The highest BCUT2D eigenvalue weighted by Gasteiger charge is 2.41.